The van der Waals surface area contributed by atoms with E-state index in [1.54, 1.807) is 26.1 Å². The number of hydrogen-bond donors (Lipinski definition) is 3. The van der Waals surface area contributed by atoms with Crippen LogP contribution >= 0.6 is 0 Å². The van der Waals surface area contributed by atoms with Gasteiger partial charge in [-0.25, -0.2) is 27.6 Å². The Balaban J connectivity index is 1.57. The molecule has 0 saturated carbocycles. The van der Waals surface area contributed by atoms with Gasteiger partial charge in [-0.15, -0.1) is 0 Å². The first-order chi connectivity index (χ1) is 27.7. The SMILES string of the molecule is CC(C)COC(=O)N[C@H](C(=O)Nc1cncc(F)c1CC[C@@H]1CN(C(=O)OC(C)(C)C)[C@H](COC(=O)NCC(F)(F)F)CO1)C(c1ccc(F)cc1)c1ccc(F)cc1. The normalized spacial score (nSPS) is 16.3. The van der Waals surface area contributed by atoms with E-state index in [4.69, 9.17) is 18.9 Å². The molecular weight excluding hydrogens is 792 g/mol. The van der Waals surface area contributed by atoms with Gasteiger partial charge in [0.15, 0.2) is 0 Å². The van der Waals surface area contributed by atoms with Crippen molar-refractivity contribution in [3.63, 3.8) is 0 Å². The van der Waals surface area contributed by atoms with Crippen molar-refractivity contribution >= 4 is 29.9 Å². The summed E-state index contributed by atoms with van der Waals surface area (Å²) in [5, 5.41) is 6.80. The fourth-order valence-corrected chi connectivity index (χ4v) is 5.98. The first-order valence-corrected chi connectivity index (χ1v) is 18.6. The summed E-state index contributed by atoms with van der Waals surface area (Å²) in [6, 6.07) is 7.84. The predicted molar refractivity (Wildman–Crippen MR) is 201 cm³/mol. The number of carbonyl (C=O) groups excluding carboxylic acids is 4. The van der Waals surface area contributed by atoms with E-state index in [0.717, 1.165) is 30.5 Å². The molecule has 322 valence electrons. The molecule has 1 fully saturated rings. The number of rotatable bonds is 14. The molecule has 1 saturated heterocycles. The van der Waals surface area contributed by atoms with Crippen LogP contribution in [-0.2, 0) is 30.2 Å². The summed E-state index contributed by atoms with van der Waals surface area (Å²) < 4.78 is 103. The van der Waals surface area contributed by atoms with Crippen LogP contribution in [0, 0.1) is 23.4 Å². The molecule has 0 spiro atoms. The van der Waals surface area contributed by atoms with Crippen molar-refractivity contribution in [2.75, 3.05) is 38.2 Å². The largest absolute Gasteiger partial charge is 0.449 e. The molecule has 59 heavy (non-hydrogen) atoms. The van der Waals surface area contributed by atoms with Crippen LogP contribution in [0.5, 0.6) is 0 Å². The number of halogens is 6. The van der Waals surface area contributed by atoms with Crippen molar-refractivity contribution in [1.29, 1.82) is 0 Å². The van der Waals surface area contributed by atoms with Crippen LogP contribution in [0.1, 0.15) is 63.6 Å². The van der Waals surface area contributed by atoms with Crippen molar-refractivity contribution in [3.05, 3.63) is 95.1 Å². The summed E-state index contributed by atoms with van der Waals surface area (Å²) in [7, 11) is 0. The molecular formula is C40H47F6N5O8. The molecule has 1 aromatic heterocycles. The minimum atomic E-state index is -4.67. The number of carbonyl (C=O) groups is 4. The second-order valence-corrected chi connectivity index (χ2v) is 15.2. The maximum atomic E-state index is 15.5. The quantitative estimate of drug-likeness (QED) is 0.112. The first kappa shape index (κ1) is 46.1. The molecule has 13 nitrogen and oxygen atoms in total. The Morgan fingerprint density at radius 2 is 1.51 bits per heavy atom. The number of alkyl carbamates (subject to hydrolysis) is 2. The van der Waals surface area contributed by atoms with Gasteiger partial charge in [-0.05, 0) is 74.9 Å². The number of nitrogens with zero attached hydrogens (tertiary/aromatic N) is 2. The summed E-state index contributed by atoms with van der Waals surface area (Å²) in [5.74, 6) is -3.89. The minimum absolute atomic E-state index is 0.00948. The molecule has 2 aromatic carbocycles. The van der Waals surface area contributed by atoms with Crippen LogP contribution in [0.4, 0.5) is 46.4 Å². The fraction of sp³-hybridized carbons (Fsp3) is 0.475. The third-order valence-corrected chi connectivity index (χ3v) is 8.71. The standard InChI is InChI=1S/C40H47F6N5O8/c1-23(2)19-57-37(54)50-34(33(24-6-10-26(41)11-7-24)25-8-12-27(42)13-9-25)35(52)49-32-17-47-16-31(43)30(32)15-14-29-18-51(38(55)59-39(3,4)5)28(20-56-29)21-58-36(53)48-22-40(44,45)46/h6-13,16-17,23,28-29,33-34H,14-15,18-22H2,1-5H3,(H,48,53)(H,49,52)(H,50,54)/t28-,29+,34-/m0/s1. The van der Waals surface area contributed by atoms with Crippen molar-refractivity contribution in [2.45, 2.75) is 83.3 Å². The summed E-state index contributed by atoms with van der Waals surface area (Å²) in [5.41, 5.74) is -0.305. The van der Waals surface area contributed by atoms with Crippen molar-refractivity contribution in [3.8, 4) is 0 Å². The lowest BCUT2D eigenvalue weighted by molar-refractivity contribution is -0.124. The fourth-order valence-electron chi connectivity index (χ4n) is 5.98. The van der Waals surface area contributed by atoms with Crippen LogP contribution in [0.15, 0.2) is 60.9 Å². The lowest BCUT2D eigenvalue weighted by Crippen LogP contribution is -2.55. The van der Waals surface area contributed by atoms with Crippen molar-refractivity contribution < 1.29 is 64.5 Å². The highest BCUT2D eigenvalue weighted by Crippen LogP contribution is 2.31. The molecule has 0 unspecified atom stereocenters. The van der Waals surface area contributed by atoms with Gasteiger partial charge in [0.2, 0.25) is 5.91 Å². The zero-order valence-corrected chi connectivity index (χ0v) is 33.0. The van der Waals surface area contributed by atoms with E-state index in [-0.39, 0.29) is 49.8 Å². The molecule has 0 bridgehead atoms. The van der Waals surface area contributed by atoms with E-state index in [1.165, 1.54) is 35.4 Å². The van der Waals surface area contributed by atoms with Gasteiger partial charge < -0.3 is 34.9 Å². The molecule has 19 heteroatoms. The van der Waals surface area contributed by atoms with Gasteiger partial charge in [-0.2, -0.15) is 13.2 Å². The van der Waals surface area contributed by atoms with Gasteiger partial charge in [0.25, 0.3) is 0 Å². The minimum Gasteiger partial charge on any atom is -0.449 e. The Hall–Kier alpha value is -5.59. The lowest BCUT2D eigenvalue weighted by Gasteiger charge is -2.39. The van der Waals surface area contributed by atoms with Crippen LogP contribution in [-0.4, -0.2) is 96.9 Å². The number of aromatic nitrogens is 1. The molecule has 4 amide bonds. The first-order valence-electron chi connectivity index (χ1n) is 18.6. The third kappa shape index (κ3) is 14.6. The highest BCUT2D eigenvalue weighted by atomic mass is 19.4. The summed E-state index contributed by atoms with van der Waals surface area (Å²) >= 11 is 0. The molecule has 0 aliphatic carbocycles. The maximum Gasteiger partial charge on any atom is 0.410 e. The number of ether oxygens (including phenoxy) is 4. The molecule has 1 aliphatic heterocycles. The Morgan fingerprint density at radius 1 is 0.898 bits per heavy atom. The Kier molecular flexibility index (Phi) is 15.9. The second kappa shape index (κ2) is 20.4. The number of pyridine rings is 1. The van der Waals surface area contributed by atoms with Gasteiger partial charge in [0.05, 0.1) is 50.0 Å². The van der Waals surface area contributed by atoms with Crippen molar-refractivity contribution in [1.82, 2.24) is 20.5 Å². The van der Waals surface area contributed by atoms with E-state index >= 15 is 4.39 Å². The van der Waals surface area contributed by atoms with Gasteiger partial charge >= 0.3 is 24.5 Å². The number of nitrogens with one attached hydrogen (secondary N) is 3. The van der Waals surface area contributed by atoms with E-state index in [2.05, 4.69) is 15.6 Å². The highest BCUT2D eigenvalue weighted by molar-refractivity contribution is 5.98. The molecule has 1 aliphatic rings. The zero-order valence-electron chi connectivity index (χ0n) is 33.0. The Bertz CT molecular complexity index is 1850. The number of amides is 4. The summed E-state index contributed by atoms with van der Waals surface area (Å²) in [6.07, 6.45) is -6.48. The molecule has 4 rings (SSSR count). The van der Waals surface area contributed by atoms with Gasteiger partial charge in [-0.3, -0.25) is 14.7 Å². The zero-order chi connectivity index (χ0) is 43.5. The number of benzene rings is 2. The second-order valence-electron chi connectivity index (χ2n) is 15.2. The predicted octanol–water partition coefficient (Wildman–Crippen LogP) is 7.25. The van der Waals surface area contributed by atoms with Crippen LogP contribution in [0.3, 0.4) is 0 Å². The van der Waals surface area contributed by atoms with Crippen LogP contribution in [0.25, 0.3) is 0 Å². The number of hydrogen-bond acceptors (Lipinski definition) is 9. The van der Waals surface area contributed by atoms with Crippen LogP contribution in [0.2, 0.25) is 0 Å². The lowest BCUT2D eigenvalue weighted by atomic mass is 9.84. The molecule has 3 aromatic rings. The smallest absolute Gasteiger partial charge is 0.410 e. The maximum absolute atomic E-state index is 15.5. The van der Waals surface area contributed by atoms with Crippen LogP contribution < -0.4 is 16.0 Å². The van der Waals surface area contributed by atoms with Gasteiger partial charge in [-0.1, -0.05) is 38.1 Å². The molecule has 3 N–H and O–H groups in total. The van der Waals surface area contributed by atoms with E-state index in [0.29, 0.717) is 11.1 Å². The van der Waals surface area contributed by atoms with E-state index < -0.39 is 90.7 Å². The number of alkyl halides is 3. The Labute approximate surface area is 337 Å². The summed E-state index contributed by atoms with van der Waals surface area (Å²) in [4.78, 5) is 57.6. The topological polar surface area (TPSA) is 157 Å². The average molecular weight is 840 g/mol. The molecule has 3 atom stereocenters. The molecule has 2 heterocycles. The number of morpholine rings is 1. The Morgan fingerprint density at radius 3 is 2.07 bits per heavy atom. The monoisotopic (exact) mass is 839 g/mol. The van der Waals surface area contributed by atoms with E-state index in [9.17, 15) is 41.1 Å². The number of anilines is 1. The summed E-state index contributed by atoms with van der Waals surface area (Å²) in [6.45, 7) is 5.97. The van der Waals surface area contributed by atoms with Crippen molar-refractivity contribution in [2.24, 2.45) is 5.92 Å². The van der Waals surface area contributed by atoms with Gasteiger partial charge in [0, 0.05) is 11.5 Å². The highest BCUT2D eigenvalue weighted by Gasteiger charge is 2.37. The third-order valence-electron chi connectivity index (χ3n) is 8.71. The average Bonchev–Trinajstić information content (AvgIpc) is 3.15. The van der Waals surface area contributed by atoms with Gasteiger partial charge in [0.1, 0.15) is 42.2 Å². The molecule has 0 radical (unpaired) electrons. The van der Waals surface area contributed by atoms with E-state index in [1.807, 2.05) is 13.8 Å².